The molecule has 3 nitrogen and oxygen atoms in total. The molecule has 0 unspecified atom stereocenters. The monoisotopic (exact) mass is 285 g/mol. The Balaban J connectivity index is 2.50. The van der Waals surface area contributed by atoms with Gasteiger partial charge in [0, 0.05) is 12.6 Å². The number of anilines is 1. The Kier molecular flexibility index (Phi) is 2.96. The molecule has 1 aromatic carbocycles. The number of benzene rings is 1. The first kappa shape index (κ1) is 11.1. The molecule has 0 atom stereocenters. The van der Waals surface area contributed by atoms with Crippen LogP contribution in [0.2, 0.25) is 0 Å². The largest absolute Gasteiger partial charge is 0.482 e. The lowest BCUT2D eigenvalue weighted by atomic mass is 10.2. The number of rotatable bonds is 2. The van der Waals surface area contributed by atoms with Gasteiger partial charge in [0.15, 0.2) is 6.61 Å². The molecule has 1 aliphatic heterocycles. The highest BCUT2D eigenvalue weighted by Crippen LogP contribution is 2.36. The summed E-state index contributed by atoms with van der Waals surface area (Å²) in [5.74, 6) is -0.130. The molecule has 0 radical (unpaired) electrons. The van der Waals surface area contributed by atoms with Crippen LogP contribution in [0.3, 0.4) is 0 Å². The third-order valence-corrected chi connectivity index (χ3v) is 2.86. The van der Waals surface area contributed by atoms with Crippen LogP contribution in [0.25, 0.3) is 0 Å². The van der Waals surface area contributed by atoms with Crippen molar-refractivity contribution in [3.05, 3.63) is 35.1 Å². The first-order valence-electron chi connectivity index (χ1n) is 4.66. The Hall–Kier alpha value is -1.36. The first-order valence-corrected chi connectivity index (χ1v) is 5.46. The van der Waals surface area contributed by atoms with Crippen LogP contribution < -0.4 is 9.64 Å². The minimum absolute atomic E-state index is 0.0289. The van der Waals surface area contributed by atoms with Gasteiger partial charge in [-0.25, -0.2) is 4.39 Å². The van der Waals surface area contributed by atoms with E-state index in [1.807, 2.05) is 0 Å². The predicted octanol–water partition coefficient (Wildman–Crippen LogP) is 2.50. The van der Waals surface area contributed by atoms with Crippen molar-refractivity contribution in [1.82, 2.24) is 0 Å². The Bertz CT molecular complexity index is 462. The normalized spacial score (nSPS) is 14.4. The van der Waals surface area contributed by atoms with Crippen LogP contribution in [-0.2, 0) is 4.79 Å². The topological polar surface area (TPSA) is 29.5 Å². The molecule has 84 valence electrons. The summed E-state index contributed by atoms with van der Waals surface area (Å²) in [5.41, 5.74) is 0.442. The number of carbonyl (C=O) groups is 1. The van der Waals surface area contributed by atoms with E-state index in [4.69, 9.17) is 4.74 Å². The van der Waals surface area contributed by atoms with Gasteiger partial charge in [-0.15, -0.1) is 6.58 Å². The van der Waals surface area contributed by atoms with Gasteiger partial charge in [-0.2, -0.15) is 0 Å². The zero-order chi connectivity index (χ0) is 11.7. The molecule has 1 amide bonds. The number of ether oxygens (including phenoxy) is 1. The molecule has 1 aromatic rings. The third kappa shape index (κ3) is 1.82. The fourth-order valence-electron chi connectivity index (χ4n) is 1.53. The summed E-state index contributed by atoms with van der Waals surface area (Å²) in [6.45, 7) is 3.88. The summed E-state index contributed by atoms with van der Waals surface area (Å²) < 4.78 is 18.9. The van der Waals surface area contributed by atoms with Gasteiger partial charge < -0.3 is 9.64 Å². The summed E-state index contributed by atoms with van der Waals surface area (Å²) >= 11 is 3.07. The molecule has 1 aliphatic rings. The van der Waals surface area contributed by atoms with Crippen molar-refractivity contribution in [2.45, 2.75) is 0 Å². The van der Waals surface area contributed by atoms with Crippen molar-refractivity contribution in [2.24, 2.45) is 0 Å². The molecule has 5 heteroatoms. The van der Waals surface area contributed by atoms with Gasteiger partial charge in [-0.1, -0.05) is 6.08 Å². The second-order valence-corrected chi connectivity index (χ2v) is 4.17. The zero-order valence-electron chi connectivity index (χ0n) is 8.37. The number of carbonyl (C=O) groups excluding carboxylic acids is 1. The molecule has 16 heavy (non-hydrogen) atoms. The summed E-state index contributed by atoms with van der Waals surface area (Å²) in [5, 5.41) is 0. The van der Waals surface area contributed by atoms with Crippen molar-refractivity contribution in [1.29, 1.82) is 0 Å². The highest BCUT2D eigenvalue weighted by molar-refractivity contribution is 9.10. The Morgan fingerprint density at radius 3 is 3.06 bits per heavy atom. The summed E-state index contributed by atoms with van der Waals surface area (Å²) in [6, 6.07) is 2.80. The van der Waals surface area contributed by atoms with Gasteiger partial charge in [0.25, 0.3) is 5.91 Å². The van der Waals surface area contributed by atoms with Crippen LogP contribution in [0.1, 0.15) is 0 Å². The number of fused-ring (bicyclic) bond motifs is 1. The SMILES string of the molecule is C=CCN1C(=O)COc2cc(Br)c(F)cc21. The maximum absolute atomic E-state index is 13.4. The number of amides is 1. The molecule has 0 saturated carbocycles. The fourth-order valence-corrected chi connectivity index (χ4v) is 1.85. The van der Waals surface area contributed by atoms with E-state index in [1.165, 1.54) is 17.0 Å². The van der Waals surface area contributed by atoms with Gasteiger partial charge >= 0.3 is 0 Å². The summed E-state index contributed by atoms with van der Waals surface area (Å²) in [7, 11) is 0. The smallest absolute Gasteiger partial charge is 0.265 e. The van der Waals surface area contributed by atoms with E-state index in [-0.39, 0.29) is 12.5 Å². The highest BCUT2D eigenvalue weighted by Gasteiger charge is 2.25. The molecule has 0 saturated heterocycles. The molecule has 0 spiro atoms. The summed E-state index contributed by atoms with van der Waals surface area (Å²) in [4.78, 5) is 13.0. The first-order chi connectivity index (χ1) is 7.63. The molecule has 0 bridgehead atoms. The van der Waals surface area contributed by atoms with Gasteiger partial charge in [-0.3, -0.25) is 4.79 Å². The van der Waals surface area contributed by atoms with Gasteiger partial charge in [-0.05, 0) is 22.0 Å². The molecule has 0 aliphatic carbocycles. The van der Waals surface area contributed by atoms with E-state index in [2.05, 4.69) is 22.5 Å². The quantitative estimate of drug-likeness (QED) is 0.782. The van der Waals surface area contributed by atoms with E-state index < -0.39 is 5.82 Å². The molecule has 1 heterocycles. The van der Waals surface area contributed by atoms with Crippen molar-refractivity contribution in [2.75, 3.05) is 18.1 Å². The molecule has 0 fully saturated rings. The number of nitrogens with zero attached hydrogens (tertiary/aromatic N) is 1. The van der Waals surface area contributed by atoms with Crippen molar-refractivity contribution in [3.63, 3.8) is 0 Å². The van der Waals surface area contributed by atoms with Crippen LogP contribution >= 0.6 is 15.9 Å². The maximum atomic E-state index is 13.4. The number of hydrogen-bond acceptors (Lipinski definition) is 2. The minimum Gasteiger partial charge on any atom is -0.482 e. The predicted molar refractivity (Wildman–Crippen MR) is 62.1 cm³/mol. The third-order valence-electron chi connectivity index (χ3n) is 2.26. The van der Waals surface area contributed by atoms with Crippen LogP contribution in [0.4, 0.5) is 10.1 Å². The molecule has 0 N–H and O–H groups in total. The Morgan fingerprint density at radius 2 is 2.38 bits per heavy atom. The van der Waals surface area contributed by atoms with Crippen molar-refractivity contribution >= 4 is 27.5 Å². The average molecular weight is 286 g/mol. The number of hydrogen-bond donors (Lipinski definition) is 0. The lowest BCUT2D eigenvalue weighted by molar-refractivity contribution is -0.121. The van der Waals surface area contributed by atoms with Crippen LogP contribution in [0.5, 0.6) is 5.75 Å². The van der Waals surface area contributed by atoms with Crippen molar-refractivity contribution < 1.29 is 13.9 Å². The van der Waals surface area contributed by atoms with Gasteiger partial charge in [0.1, 0.15) is 11.6 Å². The second kappa shape index (κ2) is 4.25. The molecule has 2 rings (SSSR count). The van der Waals surface area contributed by atoms with E-state index in [0.717, 1.165) is 0 Å². The van der Waals surface area contributed by atoms with E-state index >= 15 is 0 Å². The molecular weight excluding hydrogens is 277 g/mol. The van der Waals surface area contributed by atoms with Crippen LogP contribution in [-0.4, -0.2) is 19.1 Å². The lowest BCUT2D eigenvalue weighted by Gasteiger charge is -2.28. The van der Waals surface area contributed by atoms with E-state index in [9.17, 15) is 9.18 Å². The standard InChI is InChI=1S/C11H9BrFNO2/c1-2-3-14-9-5-8(13)7(12)4-10(9)16-6-11(14)15/h2,4-5H,1,3,6H2. The van der Waals surface area contributed by atoms with E-state index in [1.54, 1.807) is 6.08 Å². The second-order valence-electron chi connectivity index (χ2n) is 3.32. The lowest BCUT2D eigenvalue weighted by Crippen LogP contribution is -2.38. The summed E-state index contributed by atoms with van der Waals surface area (Å²) in [6.07, 6.45) is 1.59. The van der Waals surface area contributed by atoms with Gasteiger partial charge in [0.2, 0.25) is 0 Å². The minimum atomic E-state index is -0.425. The molecular formula is C11H9BrFNO2. The van der Waals surface area contributed by atoms with Crippen molar-refractivity contribution in [3.8, 4) is 5.75 Å². The van der Waals surface area contributed by atoms with E-state index in [0.29, 0.717) is 22.5 Å². The van der Waals surface area contributed by atoms with Gasteiger partial charge in [0.05, 0.1) is 10.2 Å². The Morgan fingerprint density at radius 1 is 1.62 bits per heavy atom. The maximum Gasteiger partial charge on any atom is 0.265 e. The fraction of sp³-hybridized carbons (Fsp3) is 0.182. The average Bonchev–Trinajstić information content (AvgIpc) is 2.25. The highest BCUT2D eigenvalue weighted by atomic mass is 79.9. The molecule has 0 aromatic heterocycles. The zero-order valence-corrected chi connectivity index (χ0v) is 9.96. The van der Waals surface area contributed by atoms with Crippen LogP contribution in [0, 0.1) is 5.82 Å². The number of halogens is 2. The van der Waals surface area contributed by atoms with Crippen LogP contribution in [0.15, 0.2) is 29.3 Å². The Labute approximate surface area is 101 Å².